The van der Waals surface area contributed by atoms with E-state index in [0.717, 1.165) is 24.9 Å². The number of likely N-dealkylation sites (tertiary alicyclic amines) is 1. The summed E-state index contributed by atoms with van der Waals surface area (Å²) in [7, 11) is 2.24. The Morgan fingerprint density at radius 3 is 3.25 bits per heavy atom. The summed E-state index contributed by atoms with van der Waals surface area (Å²) in [6, 6.07) is 2.66. The fraction of sp³-hybridized carbons (Fsp3) is 0.750. The first kappa shape index (κ1) is 11.6. The summed E-state index contributed by atoms with van der Waals surface area (Å²) < 4.78 is 5.02. The Morgan fingerprint density at radius 1 is 1.56 bits per heavy atom. The van der Waals surface area contributed by atoms with Gasteiger partial charge in [-0.15, -0.1) is 0 Å². The highest BCUT2D eigenvalue weighted by atomic mass is 16.5. The number of piperidine rings is 1. The van der Waals surface area contributed by atoms with Crippen LogP contribution in [-0.2, 0) is 6.54 Å². The van der Waals surface area contributed by atoms with Crippen molar-refractivity contribution in [1.82, 2.24) is 15.4 Å². The van der Waals surface area contributed by atoms with Gasteiger partial charge in [0, 0.05) is 12.1 Å². The zero-order valence-corrected chi connectivity index (χ0v) is 9.98. The normalized spacial score (nSPS) is 22.4. The molecule has 0 aromatic carbocycles. The highest BCUT2D eigenvalue weighted by Crippen LogP contribution is 2.17. The minimum absolute atomic E-state index is 0.760. The first-order valence-corrected chi connectivity index (χ1v) is 6.17. The quantitative estimate of drug-likeness (QED) is 0.770. The zero-order chi connectivity index (χ0) is 11.2. The minimum Gasteiger partial charge on any atom is -0.360 e. The molecule has 90 valence electrons. The third kappa shape index (κ3) is 3.32. The van der Waals surface area contributed by atoms with Crippen LogP contribution in [0.2, 0.25) is 0 Å². The van der Waals surface area contributed by atoms with Crippen molar-refractivity contribution >= 4 is 0 Å². The third-order valence-electron chi connectivity index (χ3n) is 3.37. The largest absolute Gasteiger partial charge is 0.360 e. The highest BCUT2D eigenvalue weighted by molar-refractivity contribution is 4.91. The predicted molar refractivity (Wildman–Crippen MR) is 63.1 cm³/mol. The topological polar surface area (TPSA) is 41.3 Å². The fourth-order valence-electron chi connectivity index (χ4n) is 2.32. The Kier molecular flexibility index (Phi) is 4.36. The molecule has 1 atom stereocenters. The Labute approximate surface area is 97.0 Å². The summed E-state index contributed by atoms with van der Waals surface area (Å²) in [5.74, 6) is 0.914. The van der Waals surface area contributed by atoms with E-state index in [1.807, 2.05) is 6.07 Å². The van der Waals surface area contributed by atoms with Gasteiger partial charge in [-0.05, 0) is 39.4 Å². The van der Waals surface area contributed by atoms with Gasteiger partial charge in [0.2, 0.25) is 0 Å². The van der Waals surface area contributed by atoms with Gasteiger partial charge in [-0.3, -0.25) is 0 Å². The number of hydrogen-bond acceptors (Lipinski definition) is 4. The van der Waals surface area contributed by atoms with Gasteiger partial charge in [0.05, 0.1) is 12.7 Å². The van der Waals surface area contributed by atoms with E-state index in [4.69, 9.17) is 4.52 Å². The van der Waals surface area contributed by atoms with E-state index in [1.54, 1.807) is 6.20 Å². The molecule has 1 aromatic rings. The van der Waals surface area contributed by atoms with E-state index in [1.165, 1.54) is 32.2 Å². The van der Waals surface area contributed by atoms with Gasteiger partial charge in [0.15, 0.2) is 0 Å². The van der Waals surface area contributed by atoms with E-state index < -0.39 is 0 Å². The van der Waals surface area contributed by atoms with Crippen LogP contribution in [0.1, 0.15) is 31.4 Å². The van der Waals surface area contributed by atoms with Gasteiger partial charge in [-0.25, -0.2) is 0 Å². The minimum atomic E-state index is 0.760. The molecule has 1 fully saturated rings. The van der Waals surface area contributed by atoms with Crippen LogP contribution in [0.5, 0.6) is 0 Å². The average molecular weight is 223 g/mol. The van der Waals surface area contributed by atoms with Crippen molar-refractivity contribution in [2.45, 2.75) is 38.3 Å². The maximum atomic E-state index is 5.02. The van der Waals surface area contributed by atoms with Crippen molar-refractivity contribution in [1.29, 1.82) is 0 Å². The van der Waals surface area contributed by atoms with Crippen LogP contribution in [0.25, 0.3) is 0 Å². The van der Waals surface area contributed by atoms with Crippen LogP contribution >= 0.6 is 0 Å². The maximum absolute atomic E-state index is 5.02. The average Bonchev–Trinajstić information content (AvgIpc) is 2.79. The molecule has 2 heterocycles. The summed E-state index contributed by atoms with van der Waals surface area (Å²) >= 11 is 0. The van der Waals surface area contributed by atoms with E-state index >= 15 is 0 Å². The second kappa shape index (κ2) is 6.01. The molecule has 0 saturated carbocycles. The van der Waals surface area contributed by atoms with Crippen molar-refractivity contribution in [2.24, 2.45) is 0 Å². The van der Waals surface area contributed by atoms with Gasteiger partial charge < -0.3 is 14.7 Å². The lowest BCUT2D eigenvalue weighted by Crippen LogP contribution is -2.38. The van der Waals surface area contributed by atoms with Crippen molar-refractivity contribution in [2.75, 3.05) is 20.1 Å². The predicted octanol–water partition coefficient (Wildman–Crippen LogP) is 1.64. The van der Waals surface area contributed by atoms with E-state index in [9.17, 15) is 0 Å². The van der Waals surface area contributed by atoms with Gasteiger partial charge >= 0.3 is 0 Å². The molecule has 0 amide bonds. The number of nitrogens with zero attached hydrogens (tertiary/aromatic N) is 2. The van der Waals surface area contributed by atoms with Crippen LogP contribution in [0.15, 0.2) is 16.8 Å². The molecule has 1 aliphatic rings. The van der Waals surface area contributed by atoms with Gasteiger partial charge in [0.25, 0.3) is 0 Å². The monoisotopic (exact) mass is 223 g/mol. The fourth-order valence-corrected chi connectivity index (χ4v) is 2.32. The molecule has 2 rings (SSSR count). The molecule has 0 bridgehead atoms. The van der Waals surface area contributed by atoms with Gasteiger partial charge in [-0.2, -0.15) is 0 Å². The van der Waals surface area contributed by atoms with Crippen LogP contribution in [-0.4, -0.2) is 36.2 Å². The number of rotatable bonds is 5. The van der Waals surface area contributed by atoms with Crippen molar-refractivity contribution in [3.63, 3.8) is 0 Å². The Bertz CT molecular complexity index is 286. The van der Waals surface area contributed by atoms with Crippen LogP contribution < -0.4 is 5.32 Å². The lowest BCUT2D eigenvalue weighted by molar-refractivity contribution is 0.175. The SMILES string of the molecule is CN1CCCCC1CCNCc1ccno1. The lowest BCUT2D eigenvalue weighted by atomic mass is 10.0. The lowest BCUT2D eigenvalue weighted by Gasteiger charge is -2.32. The van der Waals surface area contributed by atoms with Crippen LogP contribution in [0.4, 0.5) is 0 Å². The molecule has 1 saturated heterocycles. The van der Waals surface area contributed by atoms with Crippen LogP contribution in [0.3, 0.4) is 0 Å². The molecule has 0 spiro atoms. The molecular formula is C12H21N3O. The summed E-state index contributed by atoms with van der Waals surface area (Å²) in [4.78, 5) is 2.49. The Balaban J connectivity index is 1.60. The molecule has 4 heteroatoms. The molecule has 0 radical (unpaired) electrons. The molecular weight excluding hydrogens is 202 g/mol. The summed E-state index contributed by atoms with van der Waals surface area (Å²) in [6.45, 7) is 3.10. The summed E-state index contributed by atoms with van der Waals surface area (Å²) in [6.07, 6.45) is 7.01. The number of aromatic nitrogens is 1. The standard InChI is InChI=1S/C12H21N3O/c1-15-9-3-2-4-11(15)5-7-13-10-12-6-8-14-16-12/h6,8,11,13H,2-5,7,9-10H2,1H3. The molecule has 0 aliphatic carbocycles. The summed E-state index contributed by atoms with van der Waals surface area (Å²) in [5.41, 5.74) is 0. The summed E-state index contributed by atoms with van der Waals surface area (Å²) in [5, 5.41) is 7.07. The number of hydrogen-bond donors (Lipinski definition) is 1. The van der Waals surface area contributed by atoms with E-state index in [-0.39, 0.29) is 0 Å². The highest BCUT2D eigenvalue weighted by Gasteiger charge is 2.17. The first-order valence-electron chi connectivity index (χ1n) is 6.17. The molecule has 1 unspecified atom stereocenters. The Morgan fingerprint density at radius 2 is 2.50 bits per heavy atom. The molecule has 16 heavy (non-hydrogen) atoms. The van der Waals surface area contributed by atoms with Crippen LogP contribution in [0, 0.1) is 0 Å². The second-order valence-electron chi connectivity index (χ2n) is 4.57. The second-order valence-corrected chi connectivity index (χ2v) is 4.57. The van der Waals surface area contributed by atoms with E-state index in [2.05, 4.69) is 22.4 Å². The maximum Gasteiger partial charge on any atom is 0.150 e. The molecule has 1 aliphatic heterocycles. The third-order valence-corrected chi connectivity index (χ3v) is 3.37. The Hall–Kier alpha value is -0.870. The van der Waals surface area contributed by atoms with Crippen molar-refractivity contribution in [3.8, 4) is 0 Å². The van der Waals surface area contributed by atoms with Crippen molar-refractivity contribution in [3.05, 3.63) is 18.0 Å². The van der Waals surface area contributed by atoms with Gasteiger partial charge in [0.1, 0.15) is 5.76 Å². The first-order chi connectivity index (χ1) is 7.86. The zero-order valence-electron chi connectivity index (χ0n) is 9.98. The number of nitrogens with one attached hydrogen (secondary N) is 1. The molecule has 1 aromatic heterocycles. The molecule has 4 nitrogen and oxygen atoms in total. The van der Waals surface area contributed by atoms with Crippen molar-refractivity contribution < 1.29 is 4.52 Å². The van der Waals surface area contributed by atoms with Gasteiger partial charge in [-0.1, -0.05) is 11.6 Å². The molecule has 1 N–H and O–H groups in total. The van der Waals surface area contributed by atoms with E-state index in [0.29, 0.717) is 0 Å². The smallest absolute Gasteiger partial charge is 0.150 e.